The Hall–Kier alpha value is -2.43. The highest BCUT2D eigenvalue weighted by atomic mass is 16.1. The van der Waals surface area contributed by atoms with Crippen LogP contribution >= 0.6 is 0 Å². The molecule has 2 aromatic heterocycles. The normalized spacial score (nSPS) is 14.1. The summed E-state index contributed by atoms with van der Waals surface area (Å²) in [5, 5.41) is 0.802. The fourth-order valence-electron chi connectivity index (χ4n) is 2.43. The lowest BCUT2D eigenvalue weighted by atomic mass is 9.95. The van der Waals surface area contributed by atoms with Crippen LogP contribution in [0, 0.1) is 0 Å². The Labute approximate surface area is 110 Å². The van der Waals surface area contributed by atoms with E-state index >= 15 is 0 Å². The Kier molecular flexibility index (Phi) is 2.48. The molecule has 5 heteroatoms. The van der Waals surface area contributed by atoms with E-state index in [0.29, 0.717) is 5.65 Å². The highest BCUT2D eigenvalue weighted by Crippen LogP contribution is 2.28. The summed E-state index contributed by atoms with van der Waals surface area (Å²) in [6.07, 6.45) is 4.13. The number of aromatic nitrogens is 2. The zero-order valence-corrected chi connectivity index (χ0v) is 10.6. The van der Waals surface area contributed by atoms with Crippen LogP contribution < -0.4 is 11.5 Å². The molecule has 3 rings (SSSR count). The van der Waals surface area contributed by atoms with Gasteiger partial charge in [-0.15, -0.1) is 0 Å². The van der Waals surface area contributed by atoms with E-state index in [2.05, 4.69) is 16.0 Å². The first-order valence-electron chi connectivity index (χ1n) is 6.13. The van der Waals surface area contributed by atoms with Crippen LogP contribution in [0.15, 0.2) is 18.2 Å². The second-order valence-electron chi connectivity index (χ2n) is 4.75. The second kappa shape index (κ2) is 4.05. The molecule has 0 radical (unpaired) electrons. The van der Waals surface area contributed by atoms with Gasteiger partial charge in [0.1, 0.15) is 5.82 Å². The lowest BCUT2D eigenvalue weighted by Crippen LogP contribution is -2.15. The number of anilines is 1. The van der Waals surface area contributed by atoms with Gasteiger partial charge in [0.05, 0.1) is 11.3 Å². The van der Waals surface area contributed by atoms with E-state index in [1.807, 2.05) is 13.0 Å². The van der Waals surface area contributed by atoms with Gasteiger partial charge in [-0.2, -0.15) is 0 Å². The first-order valence-corrected chi connectivity index (χ1v) is 6.13. The maximum Gasteiger partial charge on any atom is 0.252 e. The number of nitrogen functional groups attached to an aromatic ring is 1. The van der Waals surface area contributed by atoms with E-state index in [0.717, 1.165) is 29.5 Å². The zero-order valence-electron chi connectivity index (χ0n) is 10.6. The van der Waals surface area contributed by atoms with Crippen LogP contribution in [0.2, 0.25) is 0 Å². The smallest absolute Gasteiger partial charge is 0.252 e. The minimum Gasteiger partial charge on any atom is -0.383 e. The largest absolute Gasteiger partial charge is 0.383 e. The van der Waals surface area contributed by atoms with Crippen LogP contribution in [0.25, 0.3) is 16.6 Å². The lowest BCUT2D eigenvalue weighted by molar-refractivity contribution is 0.100. The van der Waals surface area contributed by atoms with Gasteiger partial charge in [-0.3, -0.25) is 4.79 Å². The molecule has 1 amide bonds. The summed E-state index contributed by atoms with van der Waals surface area (Å²) in [6.45, 7) is 2.04. The molecule has 0 saturated carbocycles. The summed E-state index contributed by atoms with van der Waals surface area (Å²) >= 11 is 0. The lowest BCUT2D eigenvalue weighted by Gasteiger charge is -2.15. The summed E-state index contributed by atoms with van der Waals surface area (Å²) in [4.78, 5) is 20.0. The van der Waals surface area contributed by atoms with Crippen LogP contribution in [-0.2, 0) is 6.42 Å². The first kappa shape index (κ1) is 11.6. The summed E-state index contributed by atoms with van der Waals surface area (Å²) in [7, 11) is 0. The molecule has 2 heterocycles. The number of carbonyl (C=O) groups is 1. The molecule has 0 spiro atoms. The summed E-state index contributed by atoms with van der Waals surface area (Å²) in [6, 6.07) is 3.69. The van der Waals surface area contributed by atoms with Gasteiger partial charge in [-0.25, -0.2) is 9.97 Å². The maximum atomic E-state index is 11.3. The highest BCUT2D eigenvalue weighted by molar-refractivity contribution is 6.00. The molecule has 0 saturated heterocycles. The van der Waals surface area contributed by atoms with Crippen molar-refractivity contribution in [2.45, 2.75) is 19.8 Å². The molecule has 5 nitrogen and oxygen atoms in total. The summed E-state index contributed by atoms with van der Waals surface area (Å²) < 4.78 is 0. The molecule has 0 bridgehead atoms. The monoisotopic (exact) mass is 254 g/mol. The van der Waals surface area contributed by atoms with Crippen molar-refractivity contribution in [1.29, 1.82) is 0 Å². The Morgan fingerprint density at radius 3 is 2.84 bits per heavy atom. The van der Waals surface area contributed by atoms with Crippen LogP contribution in [0.5, 0.6) is 0 Å². The molecule has 19 heavy (non-hydrogen) atoms. The van der Waals surface area contributed by atoms with Crippen LogP contribution in [-0.4, -0.2) is 15.9 Å². The van der Waals surface area contributed by atoms with Crippen LogP contribution in [0.3, 0.4) is 0 Å². The molecule has 0 atom stereocenters. The Morgan fingerprint density at radius 2 is 2.11 bits per heavy atom. The maximum absolute atomic E-state index is 11.3. The SMILES string of the molecule is CC1=CCCc2cc3cc(C(N)=O)c(N)nc3nc21. The van der Waals surface area contributed by atoms with E-state index in [1.165, 1.54) is 5.56 Å². The van der Waals surface area contributed by atoms with Crippen LogP contribution in [0.4, 0.5) is 5.82 Å². The standard InChI is InChI=1S/C14H14N4O/c1-7-3-2-4-8-5-9-6-10(13(16)19)12(15)18-14(9)17-11(7)8/h3,5-6H,2,4H2,1H3,(H2,16,19)(H2,15,17,18). The minimum absolute atomic E-state index is 0.130. The van der Waals surface area contributed by atoms with Gasteiger partial charge in [0.2, 0.25) is 0 Å². The molecule has 0 aliphatic heterocycles. The number of carbonyl (C=O) groups excluding carboxylic acids is 1. The van der Waals surface area contributed by atoms with E-state index in [4.69, 9.17) is 11.5 Å². The fraction of sp³-hybridized carbons (Fsp3) is 0.214. The summed E-state index contributed by atoms with van der Waals surface area (Å²) in [5.41, 5.74) is 15.1. The molecular formula is C14H14N4O. The fourth-order valence-corrected chi connectivity index (χ4v) is 2.43. The number of hydrogen-bond donors (Lipinski definition) is 2. The van der Waals surface area contributed by atoms with Crippen molar-refractivity contribution in [3.63, 3.8) is 0 Å². The third-order valence-electron chi connectivity index (χ3n) is 3.42. The Balaban J connectivity index is 2.29. The summed E-state index contributed by atoms with van der Waals surface area (Å²) in [5.74, 6) is -0.439. The molecule has 0 unspecified atom stereocenters. The molecule has 4 N–H and O–H groups in total. The van der Waals surface area contributed by atoms with Crippen molar-refractivity contribution in [2.24, 2.45) is 5.73 Å². The van der Waals surface area contributed by atoms with Gasteiger partial charge in [0.25, 0.3) is 5.91 Å². The first-order chi connectivity index (χ1) is 9.06. The number of amides is 1. The average molecular weight is 254 g/mol. The number of rotatable bonds is 1. The predicted octanol–water partition coefficient (Wildman–Crippen LogP) is 1.66. The number of aryl methyl sites for hydroxylation is 1. The van der Waals surface area contributed by atoms with E-state index < -0.39 is 5.91 Å². The number of allylic oxidation sites excluding steroid dienone is 2. The van der Waals surface area contributed by atoms with Crippen molar-refractivity contribution in [1.82, 2.24) is 9.97 Å². The minimum atomic E-state index is -0.569. The number of nitrogens with zero attached hydrogens (tertiary/aromatic N) is 2. The topological polar surface area (TPSA) is 94.9 Å². The predicted molar refractivity (Wildman–Crippen MR) is 74.4 cm³/mol. The number of pyridine rings is 2. The Bertz CT molecular complexity index is 734. The third-order valence-corrected chi connectivity index (χ3v) is 3.42. The van der Waals surface area contributed by atoms with Gasteiger partial charge in [0.15, 0.2) is 5.65 Å². The molecule has 96 valence electrons. The second-order valence-corrected chi connectivity index (χ2v) is 4.75. The zero-order chi connectivity index (χ0) is 13.6. The van der Waals surface area contributed by atoms with E-state index in [-0.39, 0.29) is 11.4 Å². The van der Waals surface area contributed by atoms with Gasteiger partial charge in [-0.05, 0) is 43.0 Å². The number of hydrogen-bond acceptors (Lipinski definition) is 4. The molecule has 2 aromatic rings. The molecule has 0 aromatic carbocycles. The van der Waals surface area contributed by atoms with E-state index in [9.17, 15) is 4.79 Å². The van der Waals surface area contributed by atoms with Crippen molar-refractivity contribution in [3.05, 3.63) is 35.0 Å². The number of fused-ring (bicyclic) bond motifs is 2. The average Bonchev–Trinajstić information content (AvgIpc) is 2.36. The van der Waals surface area contributed by atoms with Crippen molar-refractivity contribution >= 4 is 28.3 Å². The van der Waals surface area contributed by atoms with Gasteiger partial charge in [-0.1, -0.05) is 6.08 Å². The van der Waals surface area contributed by atoms with Gasteiger partial charge >= 0.3 is 0 Å². The molecule has 1 aliphatic carbocycles. The highest BCUT2D eigenvalue weighted by Gasteiger charge is 2.15. The van der Waals surface area contributed by atoms with Crippen molar-refractivity contribution in [3.8, 4) is 0 Å². The van der Waals surface area contributed by atoms with E-state index in [1.54, 1.807) is 6.07 Å². The molecule has 0 fully saturated rings. The van der Waals surface area contributed by atoms with Gasteiger partial charge < -0.3 is 11.5 Å². The van der Waals surface area contributed by atoms with Crippen LogP contribution in [0.1, 0.15) is 35.0 Å². The third kappa shape index (κ3) is 1.83. The van der Waals surface area contributed by atoms with Crippen molar-refractivity contribution in [2.75, 3.05) is 5.73 Å². The quantitative estimate of drug-likeness (QED) is 0.809. The molecule has 1 aliphatic rings. The van der Waals surface area contributed by atoms with Crippen molar-refractivity contribution < 1.29 is 4.79 Å². The number of nitrogens with two attached hydrogens (primary N) is 2. The molecular weight excluding hydrogens is 240 g/mol. The van der Waals surface area contributed by atoms with Gasteiger partial charge in [0, 0.05) is 5.39 Å². The number of primary amides is 1. The Morgan fingerprint density at radius 1 is 1.32 bits per heavy atom.